The van der Waals surface area contributed by atoms with Gasteiger partial charge in [0, 0.05) is 0 Å². The van der Waals surface area contributed by atoms with Crippen LogP contribution in [-0.4, -0.2) is 14.7 Å². The fraction of sp³-hybridized carbons (Fsp3) is 0.417. The van der Waals surface area contributed by atoms with Crippen LogP contribution in [-0.2, 0) is 14.1 Å². The van der Waals surface area contributed by atoms with Crippen LogP contribution >= 0.6 is 21.5 Å². The summed E-state index contributed by atoms with van der Waals surface area (Å²) in [5.74, 6) is 0. The van der Waals surface area contributed by atoms with Crippen LogP contribution in [0.25, 0.3) is 0 Å². The van der Waals surface area contributed by atoms with E-state index < -0.39 is 37.2 Å². The van der Waals surface area contributed by atoms with Gasteiger partial charge in [-0.1, -0.05) is 6.07 Å². The number of anilines is 2. The first-order valence-electron chi connectivity index (χ1n) is 5.78. The third-order valence-electron chi connectivity index (χ3n) is 2.44. The molecule has 1 unspecified atom stereocenters. The predicted molar refractivity (Wildman–Crippen MR) is 91.5 cm³/mol. The maximum Gasteiger partial charge on any atom is 0.262 e. The molecule has 20 heavy (non-hydrogen) atoms. The number of hydrogen-bond donors (Lipinski definition) is 1. The minimum atomic E-state index is -1.87. The van der Waals surface area contributed by atoms with E-state index in [-0.39, 0.29) is 11.4 Å². The fourth-order valence-corrected chi connectivity index (χ4v) is 2.53. The van der Waals surface area contributed by atoms with Crippen molar-refractivity contribution in [2.75, 3.05) is 9.01 Å². The van der Waals surface area contributed by atoms with Crippen LogP contribution in [0, 0.1) is 5.21 Å². The predicted octanol–water partition coefficient (Wildman–Crippen LogP) is 3.08. The Labute approximate surface area is 131 Å². The molecule has 1 atom stereocenters. The van der Waals surface area contributed by atoms with Crippen molar-refractivity contribution in [3.8, 4) is 0 Å². The van der Waals surface area contributed by atoms with E-state index in [1.165, 1.54) is 6.07 Å². The molecule has 1 rings (SSSR count). The molecule has 1 aromatic rings. The minimum absolute atomic E-state index is 0.154. The Bertz CT molecular complexity index is 570. The Morgan fingerprint density at radius 3 is 2.55 bits per heavy atom. The normalized spacial score (nSPS) is 14.2. The Hall–Kier alpha value is -0.870. The molecule has 0 aliphatic heterocycles. The van der Waals surface area contributed by atoms with Crippen LogP contribution in [0.5, 0.6) is 0 Å². The summed E-state index contributed by atoms with van der Waals surface area (Å²) in [6, 6.07) is 4.75. The lowest BCUT2D eigenvalue weighted by atomic mass is 10.1. The van der Waals surface area contributed by atoms with Gasteiger partial charge < -0.3 is 14.2 Å². The number of rotatable bonds is 4. The molecule has 0 bridgehead atoms. The van der Waals surface area contributed by atoms with Crippen LogP contribution in [0.3, 0.4) is 0 Å². The quantitative estimate of drug-likeness (QED) is 0.270. The Kier molecular flexibility index (Phi) is 5.78. The van der Waals surface area contributed by atoms with Gasteiger partial charge >= 0.3 is 0 Å². The van der Waals surface area contributed by atoms with Crippen LogP contribution in [0.4, 0.5) is 11.4 Å². The lowest BCUT2D eigenvalue weighted by Gasteiger charge is -2.23. The highest BCUT2D eigenvalue weighted by molar-refractivity contribution is 14.1. The van der Waals surface area contributed by atoms with Gasteiger partial charge in [0.2, 0.25) is 0 Å². The molecule has 0 heterocycles. The summed E-state index contributed by atoms with van der Waals surface area (Å²) in [5, 5.41) is 11.5. The highest BCUT2D eigenvalue weighted by Crippen LogP contribution is 2.28. The van der Waals surface area contributed by atoms with E-state index in [0.717, 1.165) is 0 Å². The monoisotopic (exact) mass is 410 g/mol. The molecular formula is C12H17IN3O3S-. The van der Waals surface area contributed by atoms with Crippen molar-refractivity contribution in [2.45, 2.75) is 32.4 Å². The Morgan fingerprint density at radius 2 is 2.05 bits per heavy atom. The van der Waals surface area contributed by atoms with Crippen LogP contribution in [0.1, 0.15) is 33.3 Å². The van der Waals surface area contributed by atoms with Gasteiger partial charge in [0.05, 0.1) is 21.8 Å². The van der Waals surface area contributed by atoms with Gasteiger partial charge in [0.15, 0.2) is 0 Å². The van der Waals surface area contributed by atoms with Crippen LogP contribution in [0.15, 0.2) is 22.6 Å². The zero-order valence-corrected chi connectivity index (χ0v) is 14.7. The maximum atomic E-state index is 12.0. The third kappa shape index (κ3) is 4.32. The minimum Gasteiger partial charge on any atom is -0.747 e. The highest BCUT2D eigenvalue weighted by atomic mass is 127. The number of hydrogen-bond acceptors (Lipinski definition) is 4. The second kappa shape index (κ2) is 6.72. The Morgan fingerprint density at radius 1 is 1.45 bits per heavy atom. The van der Waals surface area contributed by atoms with E-state index in [1.807, 2.05) is 20.8 Å². The number of halogens is 1. The summed E-state index contributed by atoms with van der Waals surface area (Å²) in [6.07, 6.45) is 0. The molecule has 0 spiro atoms. The SMILES string of the molecule is C/C(=N\S(=O)C(C)(C)C)c1ccc(N)c(N([O-])I=O)c1. The zero-order valence-electron chi connectivity index (χ0n) is 11.7. The van der Waals surface area contributed by atoms with Crippen molar-refractivity contribution in [3.05, 3.63) is 29.0 Å². The van der Waals surface area contributed by atoms with Crippen molar-refractivity contribution in [2.24, 2.45) is 4.40 Å². The first-order valence-corrected chi connectivity index (χ1v) is 8.74. The van der Waals surface area contributed by atoms with Crippen molar-refractivity contribution >= 4 is 49.5 Å². The Balaban J connectivity index is 3.18. The maximum absolute atomic E-state index is 12.0. The molecule has 112 valence electrons. The summed E-state index contributed by atoms with van der Waals surface area (Å²) in [6.45, 7) is 7.20. The van der Waals surface area contributed by atoms with Gasteiger partial charge in [0.25, 0.3) is 21.5 Å². The average Bonchev–Trinajstić information content (AvgIpc) is 2.37. The fourth-order valence-electron chi connectivity index (χ4n) is 1.27. The van der Waals surface area contributed by atoms with E-state index in [4.69, 9.17) is 5.73 Å². The van der Waals surface area contributed by atoms with Gasteiger partial charge in [0.1, 0.15) is 11.0 Å². The van der Waals surface area contributed by atoms with E-state index >= 15 is 0 Å². The highest BCUT2D eigenvalue weighted by Gasteiger charge is 2.19. The van der Waals surface area contributed by atoms with Crippen LogP contribution in [0.2, 0.25) is 0 Å². The summed E-state index contributed by atoms with van der Waals surface area (Å²) >= 11 is -1.87. The second-order valence-electron chi connectivity index (χ2n) is 5.13. The molecule has 0 saturated carbocycles. The number of nitrogen functional groups attached to an aromatic ring is 1. The van der Waals surface area contributed by atoms with Gasteiger partial charge in [-0.15, -0.1) is 0 Å². The molecule has 6 nitrogen and oxygen atoms in total. The summed E-state index contributed by atoms with van der Waals surface area (Å²) in [4.78, 5) is 0. The van der Waals surface area contributed by atoms with Gasteiger partial charge in [-0.25, -0.2) is 7.28 Å². The lowest BCUT2D eigenvalue weighted by molar-refractivity contribution is 0.647. The van der Waals surface area contributed by atoms with Gasteiger partial charge in [-0.05, 0) is 45.4 Å². The van der Waals surface area contributed by atoms with Crippen molar-refractivity contribution < 1.29 is 7.28 Å². The summed E-state index contributed by atoms with van der Waals surface area (Å²) < 4.78 is 26.8. The summed E-state index contributed by atoms with van der Waals surface area (Å²) in [7, 11) is -1.38. The third-order valence-corrected chi connectivity index (χ3v) is 4.81. The first-order chi connectivity index (χ1) is 9.16. The smallest absolute Gasteiger partial charge is 0.262 e. The standard InChI is InChI=1S/C12H17IN3O3S/c1-8(15-20(19)12(2,3)4)9-5-6-10(14)11(7-9)16(18)13-17/h5-7H,14H2,1-4H3/q-1/b15-8+. The van der Waals surface area contributed by atoms with Crippen molar-refractivity contribution in [1.82, 2.24) is 0 Å². The molecule has 0 aliphatic rings. The summed E-state index contributed by atoms with van der Waals surface area (Å²) in [5.41, 5.74) is 7.25. The molecule has 0 fully saturated rings. The largest absolute Gasteiger partial charge is 0.747 e. The molecule has 1 aromatic carbocycles. The number of nitrogens with zero attached hydrogens (tertiary/aromatic N) is 2. The molecule has 0 saturated heterocycles. The van der Waals surface area contributed by atoms with E-state index in [0.29, 0.717) is 14.6 Å². The zero-order chi connectivity index (χ0) is 15.5. The molecular weight excluding hydrogens is 393 g/mol. The molecule has 0 aliphatic carbocycles. The van der Waals surface area contributed by atoms with Gasteiger partial charge in [-0.3, -0.25) is 0 Å². The molecule has 0 aromatic heterocycles. The average molecular weight is 410 g/mol. The van der Waals surface area contributed by atoms with E-state index in [1.54, 1.807) is 19.1 Å². The topological polar surface area (TPSA) is 98.8 Å². The van der Waals surface area contributed by atoms with E-state index in [2.05, 4.69) is 4.40 Å². The molecule has 0 amide bonds. The molecule has 8 heteroatoms. The lowest BCUT2D eigenvalue weighted by Crippen LogP contribution is -2.20. The van der Waals surface area contributed by atoms with Crippen molar-refractivity contribution in [3.63, 3.8) is 0 Å². The molecule has 2 N–H and O–H groups in total. The first kappa shape index (κ1) is 17.2. The van der Waals surface area contributed by atoms with Crippen LogP contribution < -0.4 is 9.01 Å². The molecule has 0 radical (unpaired) electrons. The second-order valence-corrected chi connectivity index (χ2v) is 8.30. The van der Waals surface area contributed by atoms with Crippen molar-refractivity contribution in [1.29, 1.82) is 0 Å². The number of nitrogens with two attached hydrogens (primary N) is 1. The van der Waals surface area contributed by atoms with E-state index in [9.17, 15) is 12.5 Å². The van der Waals surface area contributed by atoms with Gasteiger partial charge in [-0.2, -0.15) is 4.40 Å². The number of benzene rings is 1.